The molecule has 4 N–H and O–H groups in total. The molecule has 0 aliphatic heterocycles. The van der Waals surface area contributed by atoms with E-state index in [0.29, 0.717) is 10.6 Å². The second-order valence-electron chi connectivity index (χ2n) is 6.61. The Morgan fingerprint density at radius 3 is 2.45 bits per heavy atom. The third-order valence-corrected chi connectivity index (χ3v) is 5.69. The van der Waals surface area contributed by atoms with Crippen LogP contribution in [0.25, 0.3) is 16.5 Å². The Morgan fingerprint density at radius 1 is 1.03 bits per heavy atom. The predicted octanol–water partition coefficient (Wildman–Crippen LogP) is 3.31. The number of carbonyl (C=O) groups excluding carboxylic acids is 2. The average molecular weight is 457 g/mol. The fraction of sp³-hybridized carbons (Fsp3) is 0.130. The molecule has 31 heavy (non-hydrogen) atoms. The Kier molecular flexibility index (Phi) is 7.97. The molecule has 1 aromatic heterocycles. The number of hydrogen-bond donors (Lipinski definition) is 4. The van der Waals surface area contributed by atoms with Crippen LogP contribution in [-0.2, 0) is 4.79 Å². The number of halogens is 1. The minimum Gasteiger partial charge on any atom is -0.394 e. The smallest absolute Gasteiger partial charge is 0.267 e. The predicted molar refractivity (Wildman–Crippen MR) is 123 cm³/mol. The standard InChI is InChI=1S/C23H21ClN2O4S/c24-19-9-5-4-8-18(19)21-11-10-17(31-21)12-20(23(30)25-13-16(28)14-27)26-22(29)15-6-2-1-3-7-15/h1-12,16,27-28H,13-14H2,(H,25,30)(H,26,29)/b20-12+. The third kappa shape index (κ3) is 6.26. The number of aliphatic hydroxyl groups is 2. The molecule has 0 saturated carbocycles. The van der Waals surface area contributed by atoms with Crippen molar-refractivity contribution in [3.05, 3.63) is 87.9 Å². The molecule has 160 valence electrons. The lowest BCUT2D eigenvalue weighted by molar-refractivity contribution is -0.118. The minimum atomic E-state index is -1.09. The van der Waals surface area contributed by atoms with Crippen LogP contribution >= 0.6 is 22.9 Å². The number of benzene rings is 2. The highest BCUT2D eigenvalue weighted by Crippen LogP contribution is 2.33. The van der Waals surface area contributed by atoms with E-state index in [0.717, 1.165) is 15.3 Å². The molecule has 3 rings (SSSR count). The first-order valence-electron chi connectivity index (χ1n) is 9.48. The first-order valence-corrected chi connectivity index (χ1v) is 10.7. The molecule has 8 heteroatoms. The van der Waals surface area contributed by atoms with E-state index in [1.54, 1.807) is 42.5 Å². The summed E-state index contributed by atoms with van der Waals surface area (Å²) < 4.78 is 0. The zero-order chi connectivity index (χ0) is 22.2. The van der Waals surface area contributed by atoms with Crippen molar-refractivity contribution in [1.29, 1.82) is 0 Å². The van der Waals surface area contributed by atoms with Crippen molar-refractivity contribution in [2.24, 2.45) is 0 Å². The molecule has 1 unspecified atom stereocenters. The Morgan fingerprint density at radius 2 is 1.74 bits per heavy atom. The maximum Gasteiger partial charge on any atom is 0.267 e. The van der Waals surface area contributed by atoms with Crippen LogP contribution in [0, 0.1) is 0 Å². The fourth-order valence-electron chi connectivity index (χ4n) is 2.69. The summed E-state index contributed by atoms with van der Waals surface area (Å²) in [6.45, 7) is -0.634. The zero-order valence-electron chi connectivity index (χ0n) is 16.4. The fourth-order valence-corrected chi connectivity index (χ4v) is 3.98. The quantitative estimate of drug-likeness (QED) is 0.391. The SMILES string of the molecule is O=C(NCC(O)CO)/C(=C\c1ccc(-c2ccccc2Cl)s1)NC(=O)c1ccccc1. The van der Waals surface area contributed by atoms with Crippen molar-refractivity contribution in [2.45, 2.75) is 6.10 Å². The Labute approximate surface area is 188 Å². The number of nitrogens with one attached hydrogen (secondary N) is 2. The van der Waals surface area contributed by atoms with E-state index < -0.39 is 24.5 Å². The molecule has 0 bridgehead atoms. The van der Waals surface area contributed by atoms with Gasteiger partial charge in [-0.3, -0.25) is 9.59 Å². The van der Waals surface area contributed by atoms with Crippen LogP contribution in [0.5, 0.6) is 0 Å². The lowest BCUT2D eigenvalue weighted by atomic mass is 10.2. The molecule has 6 nitrogen and oxygen atoms in total. The Bertz CT molecular complexity index is 1080. The third-order valence-electron chi connectivity index (χ3n) is 4.29. The molecule has 0 fully saturated rings. The maximum atomic E-state index is 12.7. The summed E-state index contributed by atoms with van der Waals surface area (Å²) >= 11 is 7.69. The van der Waals surface area contributed by atoms with Crippen molar-refractivity contribution in [3.63, 3.8) is 0 Å². The van der Waals surface area contributed by atoms with Crippen molar-refractivity contribution < 1.29 is 19.8 Å². The van der Waals surface area contributed by atoms with Gasteiger partial charge in [-0.15, -0.1) is 11.3 Å². The molecule has 2 aromatic carbocycles. The highest BCUT2D eigenvalue weighted by molar-refractivity contribution is 7.16. The number of hydrogen-bond acceptors (Lipinski definition) is 5. The summed E-state index contributed by atoms with van der Waals surface area (Å²) in [4.78, 5) is 26.9. The van der Waals surface area contributed by atoms with E-state index in [-0.39, 0.29) is 12.2 Å². The summed E-state index contributed by atoms with van der Waals surface area (Å²) in [7, 11) is 0. The summed E-state index contributed by atoms with van der Waals surface area (Å²) in [5.74, 6) is -1.02. The van der Waals surface area contributed by atoms with Crippen molar-refractivity contribution >= 4 is 40.8 Å². The molecule has 1 heterocycles. The molecular formula is C23H21ClN2O4S. The van der Waals surface area contributed by atoms with Gasteiger partial charge in [-0.25, -0.2) is 0 Å². The number of amides is 2. The van der Waals surface area contributed by atoms with E-state index in [1.807, 2.05) is 30.3 Å². The van der Waals surface area contributed by atoms with Gasteiger partial charge < -0.3 is 20.8 Å². The molecule has 2 amide bonds. The van der Waals surface area contributed by atoms with Crippen LogP contribution in [0.15, 0.2) is 72.4 Å². The second-order valence-corrected chi connectivity index (χ2v) is 8.13. The van der Waals surface area contributed by atoms with E-state index in [9.17, 15) is 14.7 Å². The number of rotatable bonds is 8. The van der Waals surface area contributed by atoms with Crippen molar-refractivity contribution in [3.8, 4) is 10.4 Å². The molecule has 0 aliphatic rings. The van der Waals surface area contributed by atoms with Crippen LogP contribution < -0.4 is 10.6 Å². The van der Waals surface area contributed by atoms with Crippen molar-refractivity contribution in [1.82, 2.24) is 10.6 Å². The van der Waals surface area contributed by atoms with Crippen molar-refractivity contribution in [2.75, 3.05) is 13.2 Å². The lowest BCUT2D eigenvalue weighted by Gasteiger charge is -2.12. The maximum absolute atomic E-state index is 12.7. The molecule has 0 saturated heterocycles. The largest absolute Gasteiger partial charge is 0.394 e. The monoisotopic (exact) mass is 456 g/mol. The second kappa shape index (κ2) is 10.9. The number of aliphatic hydroxyl groups excluding tert-OH is 2. The molecular weight excluding hydrogens is 436 g/mol. The average Bonchev–Trinajstić information content (AvgIpc) is 3.25. The highest BCUT2D eigenvalue weighted by Gasteiger charge is 2.16. The van der Waals surface area contributed by atoms with E-state index in [2.05, 4.69) is 10.6 Å². The first-order chi connectivity index (χ1) is 15.0. The number of thiophene rings is 1. The van der Waals surface area contributed by atoms with Gasteiger partial charge in [0.15, 0.2) is 0 Å². The van der Waals surface area contributed by atoms with Gasteiger partial charge in [-0.05, 0) is 36.4 Å². The summed E-state index contributed by atoms with van der Waals surface area (Å²) in [5.41, 5.74) is 1.30. The summed E-state index contributed by atoms with van der Waals surface area (Å²) in [6, 6.07) is 19.7. The zero-order valence-corrected chi connectivity index (χ0v) is 18.0. The van der Waals surface area contributed by atoms with Gasteiger partial charge in [0.1, 0.15) is 5.70 Å². The number of carbonyl (C=O) groups is 2. The van der Waals surface area contributed by atoms with Gasteiger partial charge in [0.25, 0.3) is 11.8 Å². The molecule has 0 radical (unpaired) electrons. The highest BCUT2D eigenvalue weighted by atomic mass is 35.5. The first kappa shape index (κ1) is 22.7. The summed E-state index contributed by atoms with van der Waals surface area (Å²) in [6.07, 6.45) is 0.468. The van der Waals surface area contributed by atoms with E-state index >= 15 is 0 Å². The molecule has 1 atom stereocenters. The molecule has 3 aromatic rings. The lowest BCUT2D eigenvalue weighted by Crippen LogP contribution is -2.39. The van der Waals surface area contributed by atoms with Gasteiger partial charge in [0, 0.05) is 32.4 Å². The van der Waals surface area contributed by atoms with Gasteiger partial charge in [-0.1, -0.05) is 48.0 Å². The van der Waals surface area contributed by atoms with Crippen LogP contribution in [0.2, 0.25) is 5.02 Å². The Balaban J connectivity index is 1.86. The normalized spacial score (nSPS) is 12.3. The van der Waals surface area contributed by atoms with Crippen LogP contribution in [0.3, 0.4) is 0 Å². The van der Waals surface area contributed by atoms with Gasteiger partial charge in [-0.2, -0.15) is 0 Å². The Hall–Kier alpha value is -2.97. The molecule has 0 aliphatic carbocycles. The van der Waals surface area contributed by atoms with Gasteiger partial charge in [0.05, 0.1) is 12.7 Å². The van der Waals surface area contributed by atoms with Gasteiger partial charge >= 0.3 is 0 Å². The van der Waals surface area contributed by atoms with Gasteiger partial charge in [0.2, 0.25) is 0 Å². The van der Waals surface area contributed by atoms with E-state index in [1.165, 1.54) is 11.3 Å². The van der Waals surface area contributed by atoms with E-state index in [4.69, 9.17) is 16.7 Å². The van der Waals surface area contributed by atoms with Crippen LogP contribution in [-0.4, -0.2) is 41.3 Å². The molecule has 0 spiro atoms. The van der Waals surface area contributed by atoms with Crippen LogP contribution in [0.1, 0.15) is 15.2 Å². The summed E-state index contributed by atoms with van der Waals surface area (Å²) in [5, 5.41) is 24.2. The minimum absolute atomic E-state index is 0.0200. The topological polar surface area (TPSA) is 98.7 Å². The van der Waals surface area contributed by atoms with Crippen LogP contribution in [0.4, 0.5) is 0 Å².